The van der Waals surface area contributed by atoms with Crippen LogP contribution in [0.1, 0.15) is 32.6 Å². The lowest BCUT2D eigenvalue weighted by Crippen LogP contribution is -2.54. The minimum Gasteiger partial charge on any atom is -0.480 e. The number of hydrogen-bond donors (Lipinski definition) is 2. The van der Waals surface area contributed by atoms with E-state index in [1.165, 1.54) is 17.7 Å². The Bertz CT molecular complexity index is 370. The predicted molar refractivity (Wildman–Crippen MR) is 71.0 cm³/mol. The van der Waals surface area contributed by atoms with Gasteiger partial charge in [-0.1, -0.05) is 0 Å². The molecule has 0 radical (unpaired) electrons. The zero-order valence-electron chi connectivity index (χ0n) is 11.7. The molecule has 1 unspecified atom stereocenters. The summed E-state index contributed by atoms with van der Waals surface area (Å²) in [6.45, 7) is 3.53. The second-order valence-corrected chi connectivity index (χ2v) is 5.78. The molecule has 6 heteroatoms. The van der Waals surface area contributed by atoms with Crippen LogP contribution in [0.2, 0.25) is 0 Å². The molecular weight excluding hydrogens is 246 g/mol. The molecule has 0 aromatic carbocycles. The number of urea groups is 1. The first-order chi connectivity index (χ1) is 8.95. The van der Waals surface area contributed by atoms with Crippen molar-refractivity contribution in [2.45, 2.75) is 44.2 Å². The van der Waals surface area contributed by atoms with Gasteiger partial charge in [0, 0.05) is 25.7 Å². The van der Waals surface area contributed by atoms with Crippen LogP contribution in [-0.4, -0.2) is 65.2 Å². The first-order valence-corrected chi connectivity index (χ1v) is 6.94. The van der Waals surface area contributed by atoms with Gasteiger partial charge in [-0.25, -0.2) is 9.59 Å². The van der Waals surface area contributed by atoms with Gasteiger partial charge in [0.2, 0.25) is 0 Å². The topological polar surface area (TPSA) is 72.9 Å². The Kier molecular flexibility index (Phi) is 3.99. The average molecular weight is 269 g/mol. The molecule has 1 aliphatic heterocycles. The maximum atomic E-state index is 12.1. The fourth-order valence-corrected chi connectivity index (χ4v) is 2.64. The highest BCUT2D eigenvalue weighted by atomic mass is 16.4. The molecule has 1 saturated carbocycles. The molecule has 2 N–H and O–H groups in total. The van der Waals surface area contributed by atoms with E-state index in [1.54, 1.807) is 6.92 Å². The van der Waals surface area contributed by atoms with E-state index < -0.39 is 11.5 Å². The Balaban J connectivity index is 1.80. The molecule has 2 fully saturated rings. The smallest absolute Gasteiger partial charge is 0.329 e. The van der Waals surface area contributed by atoms with E-state index in [1.807, 2.05) is 0 Å². The van der Waals surface area contributed by atoms with Gasteiger partial charge in [-0.3, -0.25) is 0 Å². The molecule has 1 atom stereocenters. The summed E-state index contributed by atoms with van der Waals surface area (Å²) < 4.78 is 0. The van der Waals surface area contributed by atoms with Gasteiger partial charge in [-0.05, 0) is 39.7 Å². The van der Waals surface area contributed by atoms with Crippen molar-refractivity contribution >= 4 is 12.0 Å². The lowest BCUT2D eigenvalue weighted by atomic mass is 10.00. The third kappa shape index (κ3) is 3.00. The van der Waals surface area contributed by atoms with Crippen LogP contribution in [0.15, 0.2) is 0 Å². The summed E-state index contributed by atoms with van der Waals surface area (Å²) in [5.74, 6) is -0.921. The summed E-state index contributed by atoms with van der Waals surface area (Å²) in [6.07, 6.45) is 3.76. The van der Waals surface area contributed by atoms with E-state index >= 15 is 0 Å². The standard InChI is InChI=1S/C13H23N3O3/c1-13(11(17)18)6-3-8-16(13)12(19)14-7-9-15(2)10-4-5-10/h10H,3-9H2,1-2H3,(H,14,19)(H,17,18). The fourth-order valence-electron chi connectivity index (χ4n) is 2.64. The van der Waals surface area contributed by atoms with Gasteiger partial charge in [0.25, 0.3) is 0 Å². The number of rotatable bonds is 5. The lowest BCUT2D eigenvalue weighted by molar-refractivity contribution is -0.147. The summed E-state index contributed by atoms with van der Waals surface area (Å²) in [5, 5.41) is 12.1. The number of likely N-dealkylation sites (tertiary alicyclic amines) is 1. The molecule has 2 aliphatic rings. The Hall–Kier alpha value is -1.30. The van der Waals surface area contributed by atoms with Crippen molar-refractivity contribution in [1.29, 1.82) is 0 Å². The van der Waals surface area contributed by atoms with E-state index in [9.17, 15) is 14.7 Å². The number of carbonyl (C=O) groups is 2. The minimum atomic E-state index is -1.05. The van der Waals surface area contributed by atoms with Gasteiger partial charge in [0.05, 0.1) is 0 Å². The van der Waals surface area contributed by atoms with Crippen molar-refractivity contribution in [3.63, 3.8) is 0 Å². The van der Waals surface area contributed by atoms with Crippen LogP contribution >= 0.6 is 0 Å². The number of nitrogens with zero attached hydrogens (tertiary/aromatic N) is 2. The lowest BCUT2D eigenvalue weighted by Gasteiger charge is -2.31. The summed E-state index contributed by atoms with van der Waals surface area (Å²) >= 11 is 0. The van der Waals surface area contributed by atoms with Gasteiger partial charge < -0.3 is 20.2 Å². The largest absolute Gasteiger partial charge is 0.480 e. The molecule has 0 aromatic rings. The van der Waals surface area contributed by atoms with Crippen LogP contribution in [0.4, 0.5) is 4.79 Å². The quantitative estimate of drug-likeness (QED) is 0.771. The van der Waals surface area contributed by atoms with E-state index in [4.69, 9.17) is 0 Å². The third-order valence-corrected chi connectivity index (χ3v) is 4.26. The first-order valence-electron chi connectivity index (χ1n) is 6.94. The molecule has 0 aromatic heterocycles. The van der Waals surface area contributed by atoms with Crippen molar-refractivity contribution in [3.8, 4) is 0 Å². The van der Waals surface area contributed by atoms with Crippen LogP contribution in [0.25, 0.3) is 0 Å². The molecule has 2 rings (SSSR count). The van der Waals surface area contributed by atoms with Crippen molar-refractivity contribution in [3.05, 3.63) is 0 Å². The number of amides is 2. The molecule has 1 heterocycles. The molecular formula is C13H23N3O3. The maximum absolute atomic E-state index is 12.1. The number of likely N-dealkylation sites (N-methyl/N-ethyl adjacent to an activating group) is 1. The maximum Gasteiger partial charge on any atom is 0.329 e. The highest BCUT2D eigenvalue weighted by Crippen LogP contribution is 2.29. The molecule has 6 nitrogen and oxygen atoms in total. The minimum absolute atomic E-state index is 0.258. The molecule has 108 valence electrons. The summed E-state index contributed by atoms with van der Waals surface area (Å²) in [6, 6.07) is 0.416. The SMILES string of the molecule is CN(CCNC(=O)N1CCCC1(C)C(=O)O)C1CC1. The number of nitrogens with one attached hydrogen (secondary N) is 1. The van der Waals surface area contributed by atoms with E-state index in [0.717, 1.165) is 13.0 Å². The normalized spacial score (nSPS) is 26.8. The van der Waals surface area contributed by atoms with Crippen molar-refractivity contribution in [2.24, 2.45) is 0 Å². The number of carboxylic acids is 1. The molecule has 1 saturated heterocycles. The monoisotopic (exact) mass is 269 g/mol. The van der Waals surface area contributed by atoms with Crippen LogP contribution in [0.5, 0.6) is 0 Å². The summed E-state index contributed by atoms with van der Waals surface area (Å²) in [7, 11) is 2.06. The number of aliphatic carboxylic acids is 1. The Labute approximate surface area is 113 Å². The number of hydrogen-bond acceptors (Lipinski definition) is 3. The van der Waals surface area contributed by atoms with Crippen LogP contribution < -0.4 is 5.32 Å². The fraction of sp³-hybridized carbons (Fsp3) is 0.846. The Morgan fingerprint density at radius 1 is 1.47 bits per heavy atom. The van der Waals surface area contributed by atoms with Crippen molar-refractivity contribution < 1.29 is 14.7 Å². The van der Waals surface area contributed by atoms with Gasteiger partial charge in [-0.2, -0.15) is 0 Å². The molecule has 0 bridgehead atoms. The predicted octanol–water partition coefficient (Wildman–Crippen LogP) is 0.729. The van der Waals surface area contributed by atoms with Gasteiger partial charge in [-0.15, -0.1) is 0 Å². The molecule has 0 spiro atoms. The molecule has 2 amide bonds. The Morgan fingerprint density at radius 3 is 2.74 bits per heavy atom. The van der Waals surface area contributed by atoms with E-state index in [0.29, 0.717) is 25.6 Å². The first kappa shape index (κ1) is 14.1. The third-order valence-electron chi connectivity index (χ3n) is 4.26. The number of carboxylic acid groups (broad SMARTS) is 1. The van der Waals surface area contributed by atoms with Crippen LogP contribution in [0.3, 0.4) is 0 Å². The van der Waals surface area contributed by atoms with Crippen molar-refractivity contribution in [2.75, 3.05) is 26.7 Å². The zero-order valence-corrected chi connectivity index (χ0v) is 11.7. The summed E-state index contributed by atoms with van der Waals surface area (Å²) in [5.41, 5.74) is -1.05. The second kappa shape index (κ2) is 5.36. The van der Waals surface area contributed by atoms with E-state index in [2.05, 4.69) is 17.3 Å². The second-order valence-electron chi connectivity index (χ2n) is 5.78. The molecule has 19 heavy (non-hydrogen) atoms. The highest BCUT2D eigenvalue weighted by Gasteiger charge is 2.45. The van der Waals surface area contributed by atoms with Crippen LogP contribution in [-0.2, 0) is 4.79 Å². The van der Waals surface area contributed by atoms with Gasteiger partial charge >= 0.3 is 12.0 Å². The zero-order chi connectivity index (χ0) is 14.0. The van der Waals surface area contributed by atoms with E-state index in [-0.39, 0.29) is 6.03 Å². The average Bonchev–Trinajstić information content (AvgIpc) is 3.12. The van der Waals surface area contributed by atoms with Gasteiger partial charge in [0.1, 0.15) is 5.54 Å². The number of carbonyl (C=O) groups excluding carboxylic acids is 1. The van der Waals surface area contributed by atoms with Gasteiger partial charge in [0.15, 0.2) is 0 Å². The van der Waals surface area contributed by atoms with Crippen LogP contribution in [0, 0.1) is 0 Å². The molecule has 1 aliphatic carbocycles. The summed E-state index contributed by atoms with van der Waals surface area (Å²) in [4.78, 5) is 27.0. The highest BCUT2D eigenvalue weighted by molar-refractivity contribution is 5.86. The van der Waals surface area contributed by atoms with Crippen molar-refractivity contribution in [1.82, 2.24) is 15.1 Å². The Morgan fingerprint density at radius 2 is 2.16 bits per heavy atom.